The summed E-state index contributed by atoms with van der Waals surface area (Å²) >= 11 is 3.50. The number of hydrazone groups is 1. The van der Waals surface area contributed by atoms with E-state index in [4.69, 9.17) is 9.72 Å². The first-order chi connectivity index (χ1) is 17.2. The zero-order chi connectivity index (χ0) is 24.0. The molecule has 35 heavy (non-hydrogen) atoms. The Labute approximate surface area is 211 Å². The van der Waals surface area contributed by atoms with Crippen LogP contribution < -0.4 is 10.2 Å². The summed E-state index contributed by atoms with van der Waals surface area (Å²) in [6.07, 6.45) is 1.59. The minimum Gasteiger partial charge on any atom is -0.457 e. The van der Waals surface area contributed by atoms with E-state index < -0.39 is 0 Å². The minimum atomic E-state index is -0.312. The second-order valence-electron chi connectivity index (χ2n) is 7.77. The summed E-state index contributed by atoms with van der Waals surface area (Å²) in [7, 11) is 0. The van der Waals surface area contributed by atoms with E-state index in [0.717, 1.165) is 32.3 Å². The first-order valence-corrected chi connectivity index (χ1v) is 11.8. The molecule has 5 aromatic rings. The summed E-state index contributed by atoms with van der Waals surface area (Å²) in [6.45, 7) is 0. The highest BCUT2D eigenvalue weighted by Crippen LogP contribution is 2.27. The van der Waals surface area contributed by atoms with E-state index in [-0.39, 0.29) is 5.91 Å². The molecule has 0 spiro atoms. The Morgan fingerprint density at radius 1 is 0.829 bits per heavy atom. The minimum absolute atomic E-state index is 0.312. The van der Waals surface area contributed by atoms with Crippen LogP contribution in [-0.4, -0.2) is 17.1 Å². The number of hydrogen-bond donors (Lipinski definition) is 1. The fourth-order valence-electron chi connectivity index (χ4n) is 3.67. The van der Waals surface area contributed by atoms with E-state index in [0.29, 0.717) is 17.0 Å². The summed E-state index contributed by atoms with van der Waals surface area (Å²) in [5.41, 5.74) is 6.32. The van der Waals surface area contributed by atoms with Crippen molar-refractivity contribution in [2.75, 3.05) is 0 Å². The van der Waals surface area contributed by atoms with Gasteiger partial charge in [0, 0.05) is 15.4 Å². The average molecular weight is 522 g/mol. The smallest absolute Gasteiger partial charge is 0.272 e. The number of nitrogens with one attached hydrogen (secondary N) is 1. The molecule has 4 aromatic carbocycles. The molecule has 1 heterocycles. The van der Waals surface area contributed by atoms with E-state index in [1.165, 1.54) is 0 Å². The number of halogens is 1. The van der Waals surface area contributed by atoms with Crippen LogP contribution in [-0.2, 0) is 0 Å². The van der Waals surface area contributed by atoms with E-state index >= 15 is 0 Å². The predicted octanol–water partition coefficient (Wildman–Crippen LogP) is 7.22. The Hall–Kier alpha value is -4.29. The van der Waals surface area contributed by atoms with Crippen molar-refractivity contribution in [2.24, 2.45) is 5.10 Å². The molecule has 5 rings (SSSR count). The Kier molecular flexibility index (Phi) is 6.63. The number of ether oxygens (including phenoxy) is 1. The topological polar surface area (TPSA) is 63.6 Å². The van der Waals surface area contributed by atoms with Gasteiger partial charge in [-0.3, -0.25) is 4.79 Å². The molecule has 0 aliphatic carbocycles. The summed E-state index contributed by atoms with van der Waals surface area (Å²) < 4.78 is 6.81. The summed E-state index contributed by atoms with van der Waals surface area (Å²) in [5, 5.41) is 4.94. The van der Waals surface area contributed by atoms with Gasteiger partial charge < -0.3 is 4.74 Å². The van der Waals surface area contributed by atoms with Crippen molar-refractivity contribution in [1.29, 1.82) is 0 Å². The number of carbonyl (C=O) groups excluding carboxylic acids is 1. The van der Waals surface area contributed by atoms with Crippen LogP contribution in [0.1, 0.15) is 15.9 Å². The van der Waals surface area contributed by atoms with Gasteiger partial charge in [-0.2, -0.15) is 5.10 Å². The monoisotopic (exact) mass is 521 g/mol. The number of amides is 1. The first kappa shape index (κ1) is 22.5. The van der Waals surface area contributed by atoms with Gasteiger partial charge in [0.15, 0.2) is 0 Å². The molecule has 1 amide bonds. The van der Waals surface area contributed by atoms with Gasteiger partial charge in [0.05, 0.1) is 23.0 Å². The number of nitrogens with zero attached hydrogens (tertiary/aromatic N) is 2. The molecule has 0 unspecified atom stereocenters. The van der Waals surface area contributed by atoms with Crippen LogP contribution in [0, 0.1) is 0 Å². The zero-order valence-electron chi connectivity index (χ0n) is 18.6. The Balaban J connectivity index is 1.38. The molecule has 6 heteroatoms. The second-order valence-corrected chi connectivity index (χ2v) is 8.68. The lowest BCUT2D eigenvalue weighted by Crippen LogP contribution is -2.18. The number of carbonyl (C=O) groups is 1. The molecular weight excluding hydrogens is 502 g/mol. The number of pyridine rings is 1. The third kappa shape index (κ3) is 5.45. The lowest BCUT2D eigenvalue weighted by atomic mass is 10.0. The van der Waals surface area contributed by atoms with Crippen molar-refractivity contribution < 1.29 is 9.53 Å². The maximum atomic E-state index is 13.1. The first-order valence-electron chi connectivity index (χ1n) is 11.0. The average Bonchev–Trinajstić information content (AvgIpc) is 2.89. The van der Waals surface area contributed by atoms with Gasteiger partial charge >= 0.3 is 0 Å². The van der Waals surface area contributed by atoms with Crippen LogP contribution >= 0.6 is 15.9 Å². The molecule has 1 N–H and O–H groups in total. The maximum Gasteiger partial charge on any atom is 0.272 e. The van der Waals surface area contributed by atoms with Gasteiger partial charge in [0.2, 0.25) is 0 Å². The lowest BCUT2D eigenvalue weighted by molar-refractivity contribution is 0.0956. The third-order valence-corrected chi connectivity index (χ3v) is 5.79. The normalized spacial score (nSPS) is 11.0. The molecular formula is C29H20BrN3O2. The molecule has 0 bridgehead atoms. The van der Waals surface area contributed by atoms with Crippen LogP contribution in [0.4, 0.5) is 0 Å². The van der Waals surface area contributed by atoms with Crippen molar-refractivity contribution in [3.63, 3.8) is 0 Å². The molecule has 0 saturated carbocycles. The van der Waals surface area contributed by atoms with Crippen LogP contribution in [0.5, 0.6) is 11.5 Å². The van der Waals surface area contributed by atoms with Gasteiger partial charge in [-0.1, -0.05) is 76.6 Å². The van der Waals surface area contributed by atoms with Crippen molar-refractivity contribution in [2.45, 2.75) is 0 Å². The molecule has 0 fully saturated rings. The zero-order valence-corrected chi connectivity index (χ0v) is 20.1. The molecule has 0 atom stereocenters. The van der Waals surface area contributed by atoms with Gasteiger partial charge in [-0.15, -0.1) is 0 Å². The van der Waals surface area contributed by atoms with Crippen LogP contribution in [0.15, 0.2) is 119 Å². The van der Waals surface area contributed by atoms with Crippen LogP contribution in [0.25, 0.3) is 22.2 Å². The van der Waals surface area contributed by atoms with E-state index in [2.05, 4.69) is 26.5 Å². The molecule has 0 radical (unpaired) electrons. The highest BCUT2D eigenvalue weighted by molar-refractivity contribution is 9.10. The van der Waals surface area contributed by atoms with Gasteiger partial charge in [-0.25, -0.2) is 10.4 Å². The number of hydrogen-bond acceptors (Lipinski definition) is 4. The summed E-state index contributed by atoms with van der Waals surface area (Å²) in [4.78, 5) is 17.9. The lowest BCUT2D eigenvalue weighted by Gasteiger charge is -2.09. The fourth-order valence-corrected chi connectivity index (χ4v) is 4.07. The molecule has 0 aliphatic heterocycles. The van der Waals surface area contributed by atoms with Crippen molar-refractivity contribution >= 4 is 39.0 Å². The van der Waals surface area contributed by atoms with Gasteiger partial charge in [-0.05, 0) is 54.1 Å². The van der Waals surface area contributed by atoms with Gasteiger partial charge in [0.25, 0.3) is 5.91 Å². The molecule has 0 aliphatic rings. The van der Waals surface area contributed by atoms with Gasteiger partial charge in [0.1, 0.15) is 11.5 Å². The highest BCUT2D eigenvalue weighted by atomic mass is 79.9. The van der Waals surface area contributed by atoms with Crippen molar-refractivity contribution in [3.8, 4) is 22.8 Å². The molecule has 170 valence electrons. The van der Waals surface area contributed by atoms with E-state index in [9.17, 15) is 4.79 Å². The summed E-state index contributed by atoms with van der Waals surface area (Å²) in [6, 6.07) is 34.3. The Bertz CT molecular complexity index is 1530. The highest BCUT2D eigenvalue weighted by Gasteiger charge is 2.13. The number of benzene rings is 4. The van der Waals surface area contributed by atoms with E-state index in [1.807, 2.05) is 103 Å². The molecule has 1 aromatic heterocycles. The fraction of sp³-hybridized carbons (Fsp3) is 0. The number of aromatic nitrogens is 1. The standard InChI is InChI=1S/C29H20BrN3O2/c30-22-10-7-9-21(17-22)28-18-26(25-14-4-5-15-27(25)32-28)29(34)33-31-19-20-8-6-13-24(16-20)35-23-11-2-1-3-12-23/h1-19H,(H,33,34)/b31-19-. The number of rotatable bonds is 6. The van der Waals surface area contributed by atoms with Crippen molar-refractivity contribution in [1.82, 2.24) is 10.4 Å². The number of fused-ring (bicyclic) bond motifs is 1. The Morgan fingerprint density at radius 3 is 2.46 bits per heavy atom. The quantitative estimate of drug-likeness (QED) is 0.189. The van der Waals surface area contributed by atoms with Crippen molar-refractivity contribution in [3.05, 3.63) is 125 Å². The summed E-state index contributed by atoms with van der Waals surface area (Å²) in [5.74, 6) is 1.12. The molecule has 0 saturated heterocycles. The molecule has 5 nitrogen and oxygen atoms in total. The SMILES string of the molecule is O=C(N/N=C\c1cccc(Oc2ccccc2)c1)c1cc(-c2cccc(Br)c2)nc2ccccc12. The maximum absolute atomic E-state index is 13.1. The third-order valence-electron chi connectivity index (χ3n) is 5.30. The second kappa shape index (κ2) is 10.3. The number of para-hydroxylation sites is 2. The predicted molar refractivity (Wildman–Crippen MR) is 143 cm³/mol. The largest absolute Gasteiger partial charge is 0.457 e. The van der Waals surface area contributed by atoms with Crippen LogP contribution in [0.2, 0.25) is 0 Å². The Morgan fingerprint density at radius 2 is 1.60 bits per heavy atom. The van der Waals surface area contributed by atoms with E-state index in [1.54, 1.807) is 12.3 Å². The van der Waals surface area contributed by atoms with Crippen LogP contribution in [0.3, 0.4) is 0 Å².